The van der Waals surface area contributed by atoms with Gasteiger partial charge in [0.2, 0.25) is 0 Å². The Morgan fingerprint density at radius 2 is 1.94 bits per heavy atom. The van der Waals surface area contributed by atoms with Crippen molar-refractivity contribution in [3.63, 3.8) is 0 Å². The number of hydrogen-bond acceptors (Lipinski definition) is 4. The summed E-state index contributed by atoms with van der Waals surface area (Å²) in [6, 6.07) is 21.9. The molecular formula is C25H21ClN2O3. The van der Waals surface area contributed by atoms with Crippen LogP contribution in [0.4, 0.5) is 5.69 Å². The van der Waals surface area contributed by atoms with Gasteiger partial charge in [0.15, 0.2) is 0 Å². The van der Waals surface area contributed by atoms with E-state index in [0.29, 0.717) is 34.4 Å². The van der Waals surface area contributed by atoms with E-state index in [2.05, 4.69) is 5.32 Å². The van der Waals surface area contributed by atoms with Gasteiger partial charge in [0.1, 0.15) is 29.7 Å². The number of ether oxygens (including phenoxy) is 2. The maximum atomic E-state index is 12.6. The predicted octanol–water partition coefficient (Wildman–Crippen LogP) is 5.78. The minimum Gasteiger partial charge on any atom is -0.497 e. The smallest absolute Gasteiger partial charge is 0.266 e. The summed E-state index contributed by atoms with van der Waals surface area (Å²) < 4.78 is 11.3. The molecule has 0 saturated heterocycles. The second-order valence-corrected chi connectivity index (χ2v) is 7.25. The third-order valence-corrected chi connectivity index (χ3v) is 4.68. The zero-order valence-corrected chi connectivity index (χ0v) is 17.9. The predicted molar refractivity (Wildman–Crippen MR) is 122 cm³/mol. The van der Waals surface area contributed by atoms with Crippen LogP contribution in [0.15, 0.2) is 72.3 Å². The number of benzene rings is 3. The molecule has 31 heavy (non-hydrogen) atoms. The van der Waals surface area contributed by atoms with Crippen molar-refractivity contribution in [2.45, 2.75) is 13.5 Å². The van der Waals surface area contributed by atoms with Gasteiger partial charge in [0.25, 0.3) is 5.91 Å². The van der Waals surface area contributed by atoms with Gasteiger partial charge in [0, 0.05) is 22.3 Å². The van der Waals surface area contributed by atoms with Gasteiger partial charge < -0.3 is 14.8 Å². The minimum atomic E-state index is -0.537. The van der Waals surface area contributed by atoms with Crippen LogP contribution < -0.4 is 14.8 Å². The Kier molecular flexibility index (Phi) is 7.31. The number of carbonyl (C=O) groups excluding carboxylic acids is 1. The molecule has 0 aliphatic heterocycles. The van der Waals surface area contributed by atoms with Crippen LogP contribution in [0.3, 0.4) is 0 Å². The van der Waals surface area contributed by atoms with Gasteiger partial charge in [-0.1, -0.05) is 47.5 Å². The Balaban J connectivity index is 1.86. The maximum Gasteiger partial charge on any atom is 0.266 e. The van der Waals surface area contributed by atoms with E-state index in [9.17, 15) is 10.1 Å². The van der Waals surface area contributed by atoms with Gasteiger partial charge >= 0.3 is 0 Å². The van der Waals surface area contributed by atoms with Gasteiger partial charge in [0.05, 0.1) is 7.11 Å². The lowest BCUT2D eigenvalue weighted by Gasteiger charge is -2.12. The number of nitrogens with one attached hydrogen (secondary N) is 1. The van der Waals surface area contributed by atoms with Crippen LogP contribution in [0.2, 0.25) is 5.02 Å². The van der Waals surface area contributed by atoms with E-state index in [0.717, 1.165) is 11.1 Å². The highest BCUT2D eigenvalue weighted by Crippen LogP contribution is 2.28. The molecule has 0 bridgehead atoms. The fourth-order valence-electron chi connectivity index (χ4n) is 2.92. The number of anilines is 1. The largest absolute Gasteiger partial charge is 0.497 e. The third-order valence-electron chi connectivity index (χ3n) is 4.44. The molecule has 1 amide bonds. The SMILES string of the molecule is COc1ccc(/C=C(\C#N)C(=O)Nc2cccc(Cl)c2)c(OCc2cccc(C)c2)c1. The number of nitrogens with zero attached hydrogens (tertiary/aromatic N) is 1. The number of aryl methyl sites for hydroxylation is 1. The summed E-state index contributed by atoms with van der Waals surface area (Å²) in [5, 5.41) is 12.7. The fraction of sp³-hybridized carbons (Fsp3) is 0.120. The van der Waals surface area contributed by atoms with Gasteiger partial charge in [-0.3, -0.25) is 4.79 Å². The van der Waals surface area contributed by atoms with E-state index in [1.54, 1.807) is 49.6 Å². The van der Waals surface area contributed by atoms with Crippen molar-refractivity contribution >= 4 is 29.3 Å². The van der Waals surface area contributed by atoms with Crippen molar-refractivity contribution in [3.8, 4) is 17.6 Å². The molecule has 0 atom stereocenters. The molecule has 6 heteroatoms. The molecular weight excluding hydrogens is 412 g/mol. The van der Waals surface area contributed by atoms with Crippen LogP contribution in [0.25, 0.3) is 6.08 Å². The summed E-state index contributed by atoms with van der Waals surface area (Å²) in [7, 11) is 1.56. The van der Waals surface area contributed by atoms with E-state index in [1.165, 1.54) is 6.08 Å². The Morgan fingerprint density at radius 1 is 1.13 bits per heavy atom. The zero-order chi connectivity index (χ0) is 22.2. The molecule has 0 aliphatic carbocycles. The van der Waals surface area contributed by atoms with Gasteiger partial charge in [-0.2, -0.15) is 5.26 Å². The number of nitriles is 1. The number of rotatable bonds is 7. The quantitative estimate of drug-likeness (QED) is 0.379. The number of carbonyl (C=O) groups is 1. The molecule has 0 heterocycles. The summed E-state index contributed by atoms with van der Waals surface area (Å²) in [6.45, 7) is 2.35. The highest BCUT2D eigenvalue weighted by Gasteiger charge is 2.13. The molecule has 0 fully saturated rings. The van der Waals surface area contributed by atoms with Crippen molar-refractivity contribution < 1.29 is 14.3 Å². The molecule has 0 saturated carbocycles. The summed E-state index contributed by atoms with van der Waals surface area (Å²) in [5.74, 6) is 0.577. The molecule has 5 nitrogen and oxygen atoms in total. The van der Waals surface area contributed by atoms with Crippen LogP contribution in [0.1, 0.15) is 16.7 Å². The highest BCUT2D eigenvalue weighted by atomic mass is 35.5. The molecule has 0 aromatic heterocycles. The maximum absolute atomic E-state index is 12.6. The lowest BCUT2D eigenvalue weighted by Crippen LogP contribution is -2.13. The lowest BCUT2D eigenvalue weighted by molar-refractivity contribution is -0.112. The fourth-order valence-corrected chi connectivity index (χ4v) is 3.11. The van der Waals surface area contributed by atoms with Crippen molar-refractivity contribution in [3.05, 3.63) is 94.0 Å². The highest BCUT2D eigenvalue weighted by molar-refractivity contribution is 6.31. The van der Waals surface area contributed by atoms with E-state index < -0.39 is 5.91 Å². The summed E-state index contributed by atoms with van der Waals surface area (Å²) in [4.78, 5) is 12.6. The Morgan fingerprint density at radius 3 is 2.65 bits per heavy atom. The molecule has 0 radical (unpaired) electrons. The molecule has 156 valence electrons. The molecule has 0 spiro atoms. The number of halogens is 1. The summed E-state index contributed by atoms with van der Waals surface area (Å²) >= 11 is 5.96. The first-order chi connectivity index (χ1) is 15.0. The first-order valence-corrected chi connectivity index (χ1v) is 9.91. The van der Waals surface area contributed by atoms with E-state index in [-0.39, 0.29) is 5.57 Å². The Bertz CT molecular complexity index is 1170. The van der Waals surface area contributed by atoms with Crippen molar-refractivity contribution in [1.29, 1.82) is 5.26 Å². The first-order valence-electron chi connectivity index (χ1n) is 9.53. The Labute approximate surface area is 186 Å². The molecule has 1 N–H and O–H groups in total. The number of hydrogen-bond donors (Lipinski definition) is 1. The van der Waals surface area contributed by atoms with Crippen molar-refractivity contribution in [2.24, 2.45) is 0 Å². The second kappa shape index (κ2) is 10.3. The molecule has 0 aliphatic rings. The average Bonchev–Trinajstić information content (AvgIpc) is 2.76. The number of methoxy groups -OCH3 is 1. The van der Waals surface area contributed by atoms with E-state index >= 15 is 0 Å². The van der Waals surface area contributed by atoms with Crippen LogP contribution in [-0.4, -0.2) is 13.0 Å². The number of amides is 1. The zero-order valence-electron chi connectivity index (χ0n) is 17.2. The minimum absolute atomic E-state index is 0.0643. The Hall–Kier alpha value is -3.75. The van der Waals surface area contributed by atoms with Crippen molar-refractivity contribution in [2.75, 3.05) is 12.4 Å². The molecule has 3 rings (SSSR count). The molecule has 3 aromatic rings. The molecule has 0 unspecified atom stereocenters. The van der Waals surface area contributed by atoms with E-state index in [1.807, 2.05) is 37.3 Å². The average molecular weight is 433 g/mol. The topological polar surface area (TPSA) is 71.3 Å². The van der Waals surface area contributed by atoms with E-state index in [4.69, 9.17) is 21.1 Å². The first kappa shape index (κ1) is 21.9. The van der Waals surface area contributed by atoms with Crippen LogP contribution in [0, 0.1) is 18.3 Å². The van der Waals surface area contributed by atoms with Crippen LogP contribution in [0.5, 0.6) is 11.5 Å². The van der Waals surface area contributed by atoms with Crippen molar-refractivity contribution in [1.82, 2.24) is 0 Å². The third kappa shape index (κ3) is 6.11. The second-order valence-electron chi connectivity index (χ2n) is 6.82. The summed E-state index contributed by atoms with van der Waals surface area (Å²) in [5.41, 5.74) is 3.18. The van der Waals surface area contributed by atoms with Gasteiger partial charge in [-0.15, -0.1) is 0 Å². The standard InChI is InChI=1S/C25H21ClN2O3/c1-17-5-3-6-18(11-17)16-31-24-14-23(30-2)10-9-19(24)12-20(15-27)25(29)28-22-8-4-7-21(26)13-22/h3-14H,16H2,1-2H3,(H,28,29)/b20-12+. The van der Waals surface area contributed by atoms with Gasteiger partial charge in [-0.05, 0) is 48.9 Å². The normalized spacial score (nSPS) is 10.8. The van der Waals surface area contributed by atoms with Gasteiger partial charge in [-0.25, -0.2) is 0 Å². The monoisotopic (exact) mass is 432 g/mol. The summed E-state index contributed by atoms with van der Waals surface area (Å²) in [6.07, 6.45) is 1.49. The lowest BCUT2D eigenvalue weighted by atomic mass is 10.1. The van der Waals surface area contributed by atoms with Crippen LogP contribution in [-0.2, 0) is 11.4 Å². The molecule has 3 aromatic carbocycles. The van der Waals surface area contributed by atoms with Crippen LogP contribution >= 0.6 is 11.6 Å².